The summed E-state index contributed by atoms with van der Waals surface area (Å²) in [7, 11) is 0. The molecule has 0 spiro atoms. The van der Waals surface area contributed by atoms with Gasteiger partial charge in [-0.15, -0.1) is 0 Å². The monoisotopic (exact) mass is 292 g/mol. The summed E-state index contributed by atoms with van der Waals surface area (Å²) in [6.45, 7) is 1.83. The molecule has 5 heteroatoms. The van der Waals surface area contributed by atoms with E-state index in [1.807, 2.05) is 19.1 Å². The quantitative estimate of drug-likeness (QED) is 0.850. The molecule has 0 fully saturated rings. The van der Waals surface area contributed by atoms with Crippen molar-refractivity contribution in [2.45, 2.75) is 13.0 Å². The highest BCUT2D eigenvalue weighted by Gasteiger charge is 2.14. The van der Waals surface area contributed by atoms with Gasteiger partial charge in [0.2, 0.25) is 0 Å². The Morgan fingerprint density at radius 3 is 2.55 bits per heavy atom. The first-order chi connectivity index (χ1) is 9.47. The molecule has 20 heavy (non-hydrogen) atoms. The zero-order valence-electron chi connectivity index (χ0n) is 10.9. The van der Waals surface area contributed by atoms with E-state index in [1.165, 1.54) is 12.1 Å². The fourth-order valence-corrected chi connectivity index (χ4v) is 1.96. The first-order valence-corrected chi connectivity index (χ1v) is 6.46. The number of carbonyl (C=O) groups is 1. The van der Waals surface area contributed by atoms with Crippen LogP contribution < -0.4 is 11.1 Å². The SMILES string of the molecule is C[C@H](NC(=O)c1cc(F)ccc1N)c1ccc(Cl)cc1. The minimum atomic E-state index is -0.497. The molecule has 0 bridgehead atoms. The zero-order chi connectivity index (χ0) is 14.7. The van der Waals surface area contributed by atoms with Gasteiger partial charge in [-0.3, -0.25) is 4.79 Å². The van der Waals surface area contributed by atoms with E-state index in [2.05, 4.69) is 5.32 Å². The third-order valence-corrected chi connectivity index (χ3v) is 3.23. The number of benzene rings is 2. The Morgan fingerprint density at radius 1 is 1.25 bits per heavy atom. The largest absolute Gasteiger partial charge is 0.398 e. The second kappa shape index (κ2) is 5.92. The highest BCUT2D eigenvalue weighted by molar-refractivity contribution is 6.30. The summed E-state index contributed by atoms with van der Waals surface area (Å²) in [6, 6.07) is 10.6. The van der Waals surface area contributed by atoms with Gasteiger partial charge in [0.25, 0.3) is 5.91 Å². The maximum absolute atomic E-state index is 13.2. The molecule has 3 nitrogen and oxygen atoms in total. The fraction of sp³-hybridized carbons (Fsp3) is 0.133. The van der Waals surface area contributed by atoms with Gasteiger partial charge in [0.1, 0.15) is 5.82 Å². The van der Waals surface area contributed by atoms with E-state index in [-0.39, 0.29) is 17.3 Å². The Balaban J connectivity index is 2.15. The normalized spacial score (nSPS) is 11.9. The van der Waals surface area contributed by atoms with Crippen LogP contribution in [0.3, 0.4) is 0 Å². The number of halogens is 2. The van der Waals surface area contributed by atoms with Gasteiger partial charge in [-0.25, -0.2) is 4.39 Å². The molecule has 104 valence electrons. The smallest absolute Gasteiger partial charge is 0.253 e. The number of hydrogen-bond acceptors (Lipinski definition) is 2. The van der Waals surface area contributed by atoms with E-state index in [4.69, 9.17) is 17.3 Å². The Kier molecular flexibility index (Phi) is 4.25. The van der Waals surface area contributed by atoms with Crippen LogP contribution >= 0.6 is 11.6 Å². The van der Waals surface area contributed by atoms with E-state index in [0.717, 1.165) is 11.6 Å². The average molecular weight is 293 g/mol. The van der Waals surface area contributed by atoms with Crippen molar-refractivity contribution in [1.29, 1.82) is 0 Å². The van der Waals surface area contributed by atoms with Crippen molar-refractivity contribution >= 4 is 23.2 Å². The molecule has 0 aliphatic heterocycles. The van der Waals surface area contributed by atoms with Gasteiger partial charge in [0, 0.05) is 10.7 Å². The second-order valence-corrected chi connectivity index (χ2v) is 4.91. The van der Waals surface area contributed by atoms with E-state index in [0.29, 0.717) is 5.02 Å². The number of amides is 1. The summed E-state index contributed by atoms with van der Waals surface area (Å²) in [5, 5.41) is 3.40. The number of nitrogens with one attached hydrogen (secondary N) is 1. The molecule has 2 aromatic rings. The second-order valence-electron chi connectivity index (χ2n) is 4.48. The maximum atomic E-state index is 13.2. The van der Waals surface area contributed by atoms with Crippen molar-refractivity contribution in [1.82, 2.24) is 5.32 Å². The van der Waals surface area contributed by atoms with Crippen molar-refractivity contribution in [2.24, 2.45) is 0 Å². The number of hydrogen-bond donors (Lipinski definition) is 2. The van der Waals surface area contributed by atoms with Gasteiger partial charge >= 0.3 is 0 Å². The van der Waals surface area contributed by atoms with Crippen LogP contribution in [0.25, 0.3) is 0 Å². The van der Waals surface area contributed by atoms with E-state index >= 15 is 0 Å². The molecule has 0 saturated carbocycles. The molecule has 0 aromatic heterocycles. The fourth-order valence-electron chi connectivity index (χ4n) is 1.83. The number of nitrogen functional groups attached to an aromatic ring is 1. The van der Waals surface area contributed by atoms with Crippen LogP contribution in [-0.4, -0.2) is 5.91 Å². The molecule has 3 N–H and O–H groups in total. The van der Waals surface area contributed by atoms with Gasteiger partial charge in [-0.05, 0) is 42.8 Å². The standard InChI is InChI=1S/C15H14ClFN2O/c1-9(10-2-4-11(16)5-3-10)19-15(20)13-8-12(17)6-7-14(13)18/h2-9H,18H2,1H3,(H,19,20)/t9-/m0/s1. The highest BCUT2D eigenvalue weighted by Crippen LogP contribution is 2.18. The van der Waals surface area contributed by atoms with Crippen molar-refractivity contribution in [3.8, 4) is 0 Å². The minimum absolute atomic E-state index is 0.130. The van der Waals surface area contributed by atoms with Crippen molar-refractivity contribution in [3.05, 3.63) is 64.4 Å². The van der Waals surface area contributed by atoms with E-state index in [1.54, 1.807) is 12.1 Å². The molecule has 0 aliphatic carbocycles. The first-order valence-electron chi connectivity index (χ1n) is 6.08. The lowest BCUT2D eigenvalue weighted by molar-refractivity contribution is 0.0940. The average Bonchev–Trinajstić information content (AvgIpc) is 2.42. The lowest BCUT2D eigenvalue weighted by Gasteiger charge is -2.15. The zero-order valence-corrected chi connectivity index (χ0v) is 11.6. The molecule has 0 aliphatic rings. The third kappa shape index (κ3) is 3.27. The van der Waals surface area contributed by atoms with Gasteiger partial charge < -0.3 is 11.1 Å². The molecular weight excluding hydrogens is 279 g/mol. The Labute approximate surface area is 121 Å². The van der Waals surface area contributed by atoms with Gasteiger partial charge in [-0.1, -0.05) is 23.7 Å². The Bertz CT molecular complexity index is 628. The molecule has 1 amide bonds. The summed E-state index contributed by atoms with van der Waals surface area (Å²) in [5.41, 5.74) is 6.95. The van der Waals surface area contributed by atoms with Crippen molar-refractivity contribution < 1.29 is 9.18 Å². The van der Waals surface area contributed by atoms with Crippen LogP contribution in [0.4, 0.5) is 10.1 Å². The summed E-state index contributed by atoms with van der Waals surface area (Å²) < 4.78 is 13.2. The van der Waals surface area contributed by atoms with Crippen LogP contribution in [0, 0.1) is 5.82 Å². The van der Waals surface area contributed by atoms with Crippen LogP contribution in [0.1, 0.15) is 28.9 Å². The van der Waals surface area contributed by atoms with Gasteiger partial charge in [0.05, 0.1) is 11.6 Å². The molecule has 2 aromatic carbocycles. The van der Waals surface area contributed by atoms with Crippen LogP contribution in [0.5, 0.6) is 0 Å². The van der Waals surface area contributed by atoms with Gasteiger partial charge in [-0.2, -0.15) is 0 Å². The lowest BCUT2D eigenvalue weighted by atomic mass is 10.1. The van der Waals surface area contributed by atoms with Crippen LogP contribution in [0.15, 0.2) is 42.5 Å². The van der Waals surface area contributed by atoms with Crippen LogP contribution in [-0.2, 0) is 0 Å². The summed E-state index contributed by atoms with van der Waals surface area (Å²) in [6.07, 6.45) is 0. The summed E-state index contributed by atoms with van der Waals surface area (Å²) in [4.78, 5) is 12.1. The molecule has 0 radical (unpaired) electrons. The topological polar surface area (TPSA) is 55.1 Å². The molecular formula is C15H14ClFN2O. The predicted molar refractivity (Wildman–Crippen MR) is 78.1 cm³/mol. The number of rotatable bonds is 3. The molecule has 0 heterocycles. The summed E-state index contributed by atoms with van der Waals surface area (Å²) >= 11 is 5.81. The van der Waals surface area contributed by atoms with Crippen molar-refractivity contribution in [3.63, 3.8) is 0 Å². The molecule has 1 atom stereocenters. The van der Waals surface area contributed by atoms with Crippen LogP contribution in [0.2, 0.25) is 5.02 Å². The third-order valence-electron chi connectivity index (χ3n) is 2.98. The van der Waals surface area contributed by atoms with Crippen molar-refractivity contribution in [2.75, 3.05) is 5.73 Å². The first kappa shape index (κ1) is 14.3. The highest BCUT2D eigenvalue weighted by atomic mass is 35.5. The lowest BCUT2D eigenvalue weighted by Crippen LogP contribution is -2.27. The molecule has 0 unspecified atom stereocenters. The Morgan fingerprint density at radius 2 is 1.90 bits per heavy atom. The minimum Gasteiger partial charge on any atom is -0.398 e. The maximum Gasteiger partial charge on any atom is 0.253 e. The van der Waals surface area contributed by atoms with E-state index in [9.17, 15) is 9.18 Å². The predicted octanol–water partition coefficient (Wildman–Crippen LogP) is 3.55. The number of carbonyl (C=O) groups excluding carboxylic acids is 1. The van der Waals surface area contributed by atoms with E-state index < -0.39 is 11.7 Å². The number of nitrogens with two attached hydrogens (primary N) is 1. The summed E-state index contributed by atoms with van der Waals surface area (Å²) in [5.74, 6) is -0.909. The molecule has 2 rings (SSSR count). The Hall–Kier alpha value is -2.07. The van der Waals surface area contributed by atoms with Gasteiger partial charge in [0.15, 0.2) is 0 Å². The molecule has 0 saturated heterocycles. The number of anilines is 1.